The maximum Gasteiger partial charge on any atom is 0.0434 e. The molecule has 4 unspecified atom stereocenters. The Bertz CT molecular complexity index is 3300. The molecule has 0 bridgehead atoms. The number of rotatable bonds is 5. The summed E-state index contributed by atoms with van der Waals surface area (Å²) < 4.78 is 2.69. The van der Waals surface area contributed by atoms with Gasteiger partial charge in [-0.3, -0.25) is 0 Å². The van der Waals surface area contributed by atoms with Crippen molar-refractivity contribution in [3.63, 3.8) is 0 Å². The van der Waals surface area contributed by atoms with Gasteiger partial charge in [0.15, 0.2) is 0 Å². The molecule has 12 rings (SSSR count). The van der Waals surface area contributed by atoms with Gasteiger partial charge in [0.05, 0.1) is 0 Å². The molecule has 290 valence electrons. The first-order valence-corrected chi connectivity index (χ1v) is 22.5. The quantitative estimate of drug-likeness (QED) is 0.163. The highest BCUT2D eigenvalue weighted by molar-refractivity contribution is 7.26. The molecule has 10 aromatic rings. The van der Waals surface area contributed by atoms with Crippen LogP contribution in [0.1, 0.15) is 70.9 Å². The Morgan fingerprint density at radius 3 is 1.51 bits per heavy atom. The zero-order valence-electron chi connectivity index (χ0n) is 34.3. The van der Waals surface area contributed by atoms with Gasteiger partial charge in [-0.25, -0.2) is 0 Å². The highest BCUT2D eigenvalue weighted by Crippen LogP contribution is 2.54. The van der Waals surface area contributed by atoms with E-state index in [0.717, 1.165) is 0 Å². The van der Waals surface area contributed by atoms with E-state index in [1.165, 1.54) is 109 Å². The molecule has 1 heterocycles. The molecule has 0 amide bonds. The summed E-state index contributed by atoms with van der Waals surface area (Å²) in [5.41, 5.74) is 21.4. The van der Waals surface area contributed by atoms with E-state index in [2.05, 4.69) is 220 Å². The van der Waals surface area contributed by atoms with Crippen molar-refractivity contribution in [1.82, 2.24) is 0 Å². The van der Waals surface area contributed by atoms with Crippen LogP contribution in [0.3, 0.4) is 0 Å². The van der Waals surface area contributed by atoms with Crippen LogP contribution in [-0.2, 0) is 0 Å². The summed E-state index contributed by atoms with van der Waals surface area (Å²) in [7, 11) is 0. The van der Waals surface area contributed by atoms with Gasteiger partial charge in [0.2, 0.25) is 0 Å². The van der Waals surface area contributed by atoms with E-state index in [-0.39, 0.29) is 11.8 Å². The third-order valence-corrected chi connectivity index (χ3v) is 15.1. The highest BCUT2D eigenvalue weighted by atomic mass is 32.1. The molecule has 1 aromatic heterocycles. The number of benzene rings is 9. The van der Waals surface area contributed by atoms with Crippen molar-refractivity contribution in [2.75, 3.05) is 0 Å². The Labute approximate surface area is 362 Å². The Hall–Kier alpha value is -6.80. The maximum absolute atomic E-state index is 2.52. The molecule has 1 heteroatoms. The van der Waals surface area contributed by atoms with Gasteiger partial charge in [-0.05, 0) is 137 Å². The van der Waals surface area contributed by atoms with E-state index in [0.29, 0.717) is 11.8 Å². The third kappa shape index (κ3) is 5.87. The topological polar surface area (TPSA) is 0 Å². The van der Waals surface area contributed by atoms with Gasteiger partial charge >= 0.3 is 0 Å². The summed E-state index contributed by atoms with van der Waals surface area (Å²) >= 11 is 1.92. The number of hydrogen-bond acceptors (Lipinski definition) is 1. The second-order valence-electron chi connectivity index (χ2n) is 17.2. The summed E-state index contributed by atoms with van der Waals surface area (Å²) in [6.45, 7) is 4.86. The van der Waals surface area contributed by atoms with Crippen LogP contribution in [0.15, 0.2) is 206 Å². The van der Waals surface area contributed by atoms with Crippen LogP contribution in [0.5, 0.6) is 0 Å². The van der Waals surface area contributed by atoms with E-state index in [1.807, 2.05) is 11.3 Å². The van der Waals surface area contributed by atoms with E-state index >= 15 is 0 Å². The Kier molecular flexibility index (Phi) is 8.54. The molecule has 0 spiro atoms. The van der Waals surface area contributed by atoms with Crippen molar-refractivity contribution in [3.05, 3.63) is 240 Å². The fourth-order valence-corrected chi connectivity index (χ4v) is 12.2. The van der Waals surface area contributed by atoms with Crippen molar-refractivity contribution in [2.24, 2.45) is 0 Å². The van der Waals surface area contributed by atoms with Crippen LogP contribution in [0, 0.1) is 0 Å². The fourth-order valence-electron chi connectivity index (χ4n) is 11.0. The molecule has 0 radical (unpaired) electrons. The largest absolute Gasteiger partial charge is 0.135 e. The molecule has 2 aliphatic rings. The second-order valence-corrected chi connectivity index (χ2v) is 18.3. The highest BCUT2D eigenvalue weighted by Gasteiger charge is 2.34. The first-order valence-electron chi connectivity index (χ1n) is 21.7. The van der Waals surface area contributed by atoms with Crippen molar-refractivity contribution >= 4 is 31.5 Å². The molecular formula is C60H44S. The van der Waals surface area contributed by atoms with Crippen LogP contribution in [-0.4, -0.2) is 0 Å². The fraction of sp³-hybridized carbons (Fsp3) is 0.100. The van der Waals surface area contributed by atoms with Crippen molar-refractivity contribution < 1.29 is 0 Å². The van der Waals surface area contributed by atoms with E-state index in [1.54, 1.807) is 0 Å². The van der Waals surface area contributed by atoms with Crippen molar-refractivity contribution in [3.8, 4) is 55.6 Å². The predicted molar refractivity (Wildman–Crippen MR) is 260 cm³/mol. The minimum atomic E-state index is 0.202. The summed E-state index contributed by atoms with van der Waals surface area (Å²) in [5, 5.41) is 2.69. The van der Waals surface area contributed by atoms with Gasteiger partial charge in [-0.15, -0.1) is 11.3 Å². The van der Waals surface area contributed by atoms with Gasteiger partial charge < -0.3 is 0 Å². The lowest BCUT2D eigenvalue weighted by Crippen LogP contribution is -2.17. The second kappa shape index (κ2) is 14.4. The Morgan fingerprint density at radius 1 is 0.311 bits per heavy atom. The van der Waals surface area contributed by atoms with E-state index in [4.69, 9.17) is 0 Å². The SMILES string of the molecule is CC1c2ccc(-c3ccc4c(c3)-c3ccccc3C(c3cc(-c5cccc(-c6ccccc6)c5)c5sc6ccccc6c5c3)C4C)cc2-c2ccccc2C1c1ccccc1. The predicted octanol–water partition coefficient (Wildman–Crippen LogP) is 16.9. The monoisotopic (exact) mass is 796 g/mol. The minimum Gasteiger partial charge on any atom is -0.135 e. The van der Waals surface area contributed by atoms with Gasteiger partial charge in [0.1, 0.15) is 0 Å². The molecule has 61 heavy (non-hydrogen) atoms. The lowest BCUT2D eigenvalue weighted by molar-refractivity contribution is 0.649. The molecule has 0 saturated heterocycles. The van der Waals surface area contributed by atoms with E-state index in [9.17, 15) is 0 Å². The van der Waals surface area contributed by atoms with Gasteiger partial charge in [0.25, 0.3) is 0 Å². The van der Waals surface area contributed by atoms with Crippen molar-refractivity contribution in [1.29, 1.82) is 0 Å². The smallest absolute Gasteiger partial charge is 0.0434 e. The molecule has 0 N–H and O–H groups in total. The van der Waals surface area contributed by atoms with Crippen LogP contribution in [0.25, 0.3) is 75.8 Å². The molecule has 9 aromatic carbocycles. The normalized spacial score (nSPS) is 17.7. The lowest BCUT2D eigenvalue weighted by atomic mass is 9.68. The number of fused-ring (bicyclic) bond motifs is 9. The summed E-state index contributed by atoms with van der Waals surface area (Å²) in [6, 6.07) is 77.7. The molecule has 0 fully saturated rings. The van der Waals surface area contributed by atoms with Gasteiger partial charge in [-0.1, -0.05) is 184 Å². The lowest BCUT2D eigenvalue weighted by Gasteiger charge is -2.35. The van der Waals surface area contributed by atoms with Crippen molar-refractivity contribution in [2.45, 2.75) is 37.5 Å². The first kappa shape index (κ1) is 36.1. The van der Waals surface area contributed by atoms with Crippen LogP contribution in [0.2, 0.25) is 0 Å². The average Bonchev–Trinajstić information content (AvgIpc) is 3.70. The average molecular weight is 797 g/mol. The zero-order chi connectivity index (χ0) is 40.6. The molecule has 0 nitrogen and oxygen atoms in total. The minimum absolute atomic E-state index is 0.202. The van der Waals surface area contributed by atoms with Gasteiger partial charge in [-0.2, -0.15) is 0 Å². The number of thiophene rings is 1. The van der Waals surface area contributed by atoms with Gasteiger partial charge in [0, 0.05) is 32.0 Å². The van der Waals surface area contributed by atoms with Crippen LogP contribution < -0.4 is 0 Å². The van der Waals surface area contributed by atoms with Crippen LogP contribution >= 0.6 is 11.3 Å². The molecular weight excluding hydrogens is 753 g/mol. The summed E-state index contributed by atoms with van der Waals surface area (Å²) in [4.78, 5) is 0. The zero-order valence-corrected chi connectivity index (χ0v) is 35.2. The standard InChI is InChI=1S/C60H44S/c1-37-46-30-28-42(33-54(46)48-22-9-11-25-51(48)58(37)40-18-7-4-8-19-40)43-29-31-47-38(2)59(52-26-12-10-23-49(52)55(47)34-43)45-35-53(60-56(36-45)50-24-13-14-27-57(50)61-60)44-21-15-20-41(32-44)39-16-5-3-6-17-39/h3-38,58-59H,1-2H3. The third-order valence-electron chi connectivity index (χ3n) is 13.9. The molecule has 0 aliphatic heterocycles. The Balaban J connectivity index is 0.973. The molecule has 4 atom stereocenters. The number of hydrogen-bond donors (Lipinski definition) is 0. The molecule has 2 aliphatic carbocycles. The van der Waals surface area contributed by atoms with E-state index < -0.39 is 0 Å². The first-order chi connectivity index (χ1) is 30.1. The maximum atomic E-state index is 2.52. The van der Waals surface area contributed by atoms with Crippen LogP contribution in [0.4, 0.5) is 0 Å². The summed E-state index contributed by atoms with van der Waals surface area (Å²) in [5.74, 6) is 1.18. The summed E-state index contributed by atoms with van der Waals surface area (Å²) in [6.07, 6.45) is 0. The Morgan fingerprint density at radius 2 is 0.836 bits per heavy atom. The molecule has 0 saturated carbocycles.